The quantitative estimate of drug-likeness (QED) is 0.526. The predicted molar refractivity (Wildman–Crippen MR) is 114 cm³/mol. The van der Waals surface area contributed by atoms with Crippen molar-refractivity contribution in [1.29, 1.82) is 0 Å². The molecular formula is C20H35N5OS. The van der Waals surface area contributed by atoms with Gasteiger partial charge in [-0.2, -0.15) is 0 Å². The van der Waals surface area contributed by atoms with Crippen LogP contribution in [0.2, 0.25) is 0 Å². The Morgan fingerprint density at radius 2 is 1.96 bits per heavy atom. The molecule has 0 aromatic carbocycles. The normalized spacial score (nSPS) is 14.8. The maximum Gasteiger partial charge on any atom is 0.224 e. The first-order chi connectivity index (χ1) is 12.9. The molecule has 1 aromatic rings. The Balaban J connectivity index is 1.68. The van der Waals surface area contributed by atoms with Gasteiger partial charge in [-0.15, -0.1) is 11.3 Å². The highest BCUT2D eigenvalue weighted by atomic mass is 32.1. The van der Waals surface area contributed by atoms with Crippen molar-refractivity contribution in [1.82, 2.24) is 20.4 Å². The molecular weight excluding hydrogens is 358 g/mol. The minimum absolute atomic E-state index is 0.209. The highest BCUT2D eigenvalue weighted by Gasteiger charge is 2.21. The van der Waals surface area contributed by atoms with Crippen LogP contribution < -0.4 is 10.6 Å². The van der Waals surface area contributed by atoms with Crippen molar-refractivity contribution in [3.8, 4) is 0 Å². The summed E-state index contributed by atoms with van der Waals surface area (Å²) < 4.78 is 0. The number of hydrogen-bond acceptors (Lipinski definition) is 4. The molecule has 0 bridgehead atoms. The minimum atomic E-state index is 0.209. The molecule has 6 nitrogen and oxygen atoms in total. The first kappa shape index (κ1) is 21.7. The molecule has 1 aliphatic rings. The molecule has 0 aliphatic carbocycles. The summed E-state index contributed by atoms with van der Waals surface area (Å²) in [6, 6.07) is 3.18. The van der Waals surface area contributed by atoms with Crippen LogP contribution in [0.3, 0.4) is 0 Å². The average molecular weight is 394 g/mol. The Morgan fingerprint density at radius 3 is 2.63 bits per heavy atom. The van der Waals surface area contributed by atoms with E-state index >= 15 is 0 Å². The molecule has 152 valence electrons. The van der Waals surface area contributed by atoms with Gasteiger partial charge in [-0.05, 0) is 51.1 Å². The van der Waals surface area contributed by atoms with Crippen LogP contribution in [-0.4, -0.2) is 67.0 Å². The fraction of sp³-hybridized carbons (Fsp3) is 0.700. The third-order valence-corrected chi connectivity index (χ3v) is 6.03. The van der Waals surface area contributed by atoms with Crippen LogP contribution >= 0.6 is 11.3 Å². The number of nitrogens with one attached hydrogen (secondary N) is 2. The predicted octanol–water partition coefficient (Wildman–Crippen LogP) is 2.31. The van der Waals surface area contributed by atoms with Gasteiger partial charge in [-0.25, -0.2) is 0 Å². The van der Waals surface area contributed by atoms with Gasteiger partial charge in [-0.1, -0.05) is 0 Å². The maximum absolute atomic E-state index is 12.5. The van der Waals surface area contributed by atoms with Gasteiger partial charge in [0.25, 0.3) is 0 Å². The van der Waals surface area contributed by atoms with Gasteiger partial charge in [0, 0.05) is 63.2 Å². The van der Waals surface area contributed by atoms with Crippen LogP contribution in [0.1, 0.15) is 44.6 Å². The third-order valence-electron chi connectivity index (χ3n) is 5.00. The molecule has 0 radical (unpaired) electrons. The second-order valence-electron chi connectivity index (χ2n) is 7.54. The molecule has 0 saturated carbocycles. The third kappa shape index (κ3) is 6.50. The van der Waals surface area contributed by atoms with E-state index in [0.29, 0.717) is 25.0 Å². The molecule has 27 heavy (non-hydrogen) atoms. The molecule has 2 rings (SSSR count). The summed E-state index contributed by atoms with van der Waals surface area (Å²) in [6.45, 7) is 12.9. The van der Waals surface area contributed by atoms with Crippen molar-refractivity contribution < 1.29 is 4.79 Å². The average Bonchev–Trinajstić information content (AvgIpc) is 3.10. The molecule has 1 aliphatic heterocycles. The summed E-state index contributed by atoms with van der Waals surface area (Å²) in [7, 11) is 1.77. The second kappa shape index (κ2) is 10.7. The summed E-state index contributed by atoms with van der Waals surface area (Å²) in [4.78, 5) is 22.6. The van der Waals surface area contributed by atoms with Crippen molar-refractivity contribution in [3.05, 3.63) is 21.9 Å². The first-order valence-electron chi connectivity index (χ1n) is 9.95. The largest absolute Gasteiger partial charge is 0.356 e. The van der Waals surface area contributed by atoms with Crippen LogP contribution in [0.25, 0.3) is 0 Å². The fourth-order valence-corrected chi connectivity index (χ4v) is 4.43. The molecule has 2 N–H and O–H groups in total. The topological polar surface area (TPSA) is 60.0 Å². The summed E-state index contributed by atoms with van der Waals surface area (Å²) in [5.41, 5.74) is 1.31. The van der Waals surface area contributed by atoms with Crippen LogP contribution in [0.5, 0.6) is 0 Å². The van der Waals surface area contributed by atoms with Gasteiger partial charge < -0.3 is 15.5 Å². The van der Waals surface area contributed by atoms with Crippen LogP contribution in [0.4, 0.5) is 0 Å². The van der Waals surface area contributed by atoms with Crippen molar-refractivity contribution in [2.24, 2.45) is 4.99 Å². The zero-order chi connectivity index (χ0) is 19.8. The van der Waals surface area contributed by atoms with Crippen LogP contribution in [0.15, 0.2) is 16.4 Å². The van der Waals surface area contributed by atoms with E-state index < -0.39 is 0 Å². The van der Waals surface area contributed by atoms with Gasteiger partial charge in [0.2, 0.25) is 5.91 Å². The van der Waals surface area contributed by atoms with Crippen molar-refractivity contribution >= 4 is 23.2 Å². The first-order valence-corrected chi connectivity index (χ1v) is 10.8. The smallest absolute Gasteiger partial charge is 0.224 e. The highest BCUT2D eigenvalue weighted by Crippen LogP contribution is 2.24. The molecule has 0 unspecified atom stereocenters. The van der Waals surface area contributed by atoms with E-state index in [-0.39, 0.29) is 5.91 Å². The van der Waals surface area contributed by atoms with Crippen molar-refractivity contribution in [2.45, 2.75) is 59.2 Å². The molecule has 1 amide bonds. The number of rotatable bonds is 8. The monoisotopic (exact) mass is 393 g/mol. The number of aliphatic imine (C=N–C) groups is 1. The number of amides is 1. The Morgan fingerprint density at radius 1 is 1.26 bits per heavy atom. The number of hydrogen-bond donors (Lipinski definition) is 2. The van der Waals surface area contributed by atoms with Gasteiger partial charge in [0.15, 0.2) is 5.96 Å². The van der Waals surface area contributed by atoms with Gasteiger partial charge >= 0.3 is 0 Å². The van der Waals surface area contributed by atoms with E-state index in [0.717, 1.165) is 38.6 Å². The number of nitrogens with zero attached hydrogens (tertiary/aromatic N) is 3. The lowest BCUT2D eigenvalue weighted by atomic mass is 10.1. The van der Waals surface area contributed by atoms with E-state index in [9.17, 15) is 4.79 Å². The Hall–Kier alpha value is -1.60. The van der Waals surface area contributed by atoms with Crippen molar-refractivity contribution in [3.63, 3.8) is 0 Å². The number of thiophene rings is 1. The summed E-state index contributed by atoms with van der Waals surface area (Å²) in [5, 5.41) is 8.73. The van der Waals surface area contributed by atoms with Gasteiger partial charge in [-0.3, -0.25) is 14.7 Å². The van der Waals surface area contributed by atoms with Crippen LogP contribution in [-0.2, 0) is 17.8 Å². The van der Waals surface area contributed by atoms with E-state index in [4.69, 9.17) is 0 Å². The molecule has 2 heterocycles. The van der Waals surface area contributed by atoms with E-state index in [1.165, 1.54) is 10.4 Å². The second-order valence-corrected chi connectivity index (χ2v) is 8.54. The highest BCUT2D eigenvalue weighted by molar-refractivity contribution is 7.10. The zero-order valence-electron chi connectivity index (χ0n) is 17.4. The molecule has 0 fully saturated rings. The van der Waals surface area contributed by atoms with Crippen molar-refractivity contribution in [2.75, 3.05) is 33.2 Å². The Kier molecular flexibility index (Phi) is 8.57. The van der Waals surface area contributed by atoms with E-state index in [1.807, 2.05) is 4.90 Å². The molecule has 0 atom stereocenters. The summed E-state index contributed by atoms with van der Waals surface area (Å²) >= 11 is 1.80. The number of fused-ring (bicyclic) bond motifs is 1. The lowest BCUT2D eigenvalue weighted by Gasteiger charge is -2.30. The molecule has 0 saturated heterocycles. The number of carbonyl (C=O) groups is 1. The van der Waals surface area contributed by atoms with Crippen LogP contribution in [0, 0.1) is 0 Å². The Bertz CT molecular complexity index is 618. The number of guanidine groups is 1. The zero-order valence-corrected chi connectivity index (χ0v) is 18.2. The SMILES string of the molecule is CN=C(NCCC(=O)N1CCc2sccc2C1)NCCN(C(C)C)C(C)C. The number of carbonyl (C=O) groups excluding carboxylic acids is 1. The lowest BCUT2D eigenvalue weighted by Crippen LogP contribution is -2.46. The van der Waals surface area contributed by atoms with E-state index in [2.05, 4.69) is 59.7 Å². The fourth-order valence-electron chi connectivity index (χ4n) is 3.54. The summed E-state index contributed by atoms with van der Waals surface area (Å²) in [5.74, 6) is 0.967. The Labute approximate surface area is 168 Å². The molecule has 0 spiro atoms. The summed E-state index contributed by atoms with van der Waals surface area (Å²) in [6.07, 6.45) is 1.47. The standard InChI is InChI=1S/C20H35N5OS/c1-15(2)25(16(3)4)12-10-23-20(21-5)22-9-6-19(26)24-11-7-18-17(14-24)8-13-27-18/h8,13,15-16H,6-7,9-12,14H2,1-5H3,(H2,21,22,23). The molecule has 1 aromatic heterocycles. The van der Waals surface area contributed by atoms with E-state index in [1.54, 1.807) is 18.4 Å². The van der Waals surface area contributed by atoms with Gasteiger partial charge in [0.05, 0.1) is 0 Å². The maximum atomic E-state index is 12.5. The molecule has 7 heteroatoms. The van der Waals surface area contributed by atoms with Gasteiger partial charge in [0.1, 0.15) is 0 Å². The minimum Gasteiger partial charge on any atom is -0.356 e. The lowest BCUT2D eigenvalue weighted by molar-refractivity contribution is -0.131.